The summed E-state index contributed by atoms with van der Waals surface area (Å²) in [5.74, 6) is -14.2. The molecule has 0 radical (unpaired) electrons. The Kier molecular flexibility index (Phi) is 35.5. The molecule has 9 aliphatic rings. The highest BCUT2D eigenvalue weighted by Gasteiger charge is 2.65. The zero-order chi connectivity index (χ0) is 106. The molecule has 8 amide bonds. The van der Waals surface area contributed by atoms with E-state index in [1.165, 1.54) is 95.7 Å². The van der Waals surface area contributed by atoms with E-state index in [9.17, 15) is 137 Å². The number of phosphoric ester groups is 1. The minimum Gasteiger partial charge on any atom is -0.477 e. The van der Waals surface area contributed by atoms with Gasteiger partial charge in [0.25, 0.3) is 22.7 Å². The number of likely N-dealkylation sites (tertiary alicyclic amines) is 2. The third kappa shape index (κ3) is 24.0. The van der Waals surface area contributed by atoms with Gasteiger partial charge in [-0.05, 0) is 113 Å². The van der Waals surface area contributed by atoms with E-state index in [1.54, 1.807) is 90.3 Å². The lowest BCUT2D eigenvalue weighted by Gasteiger charge is -2.46. The summed E-state index contributed by atoms with van der Waals surface area (Å²) >= 11 is 6.81. The van der Waals surface area contributed by atoms with Crippen molar-refractivity contribution in [1.82, 2.24) is 44.5 Å². The number of nitrogens with zero attached hydrogens (tertiary/aromatic N) is 12. The standard InChI is InChI=1S/C32H31N5O13S.C29H25N2O11P.C17H25N3O5S.C15H17N3O6S.CH4/c1-15-24-23(16(2)38)28(40)35(24)25(31(43)49-29(41)17-5-9-19(10-6-17)36(45)46)26(15)51-21-13-22(27(39)33(3)4)34(14-21)32(44)50-30(42)18-7-11-20(12-8-18)37(47)48;1-17-24-23(18(2)32)27(33)30(24)25(29(35)39-28(34)19-13-15-20(16-14-19)31(36)37)26(17)42-43(38,40-21-9-5-3-6-10-21)41-22-11-7-4-8-12-22;1-7-12-11(8(2)21)16(23)20(12)13(17(24)25)14(7)26-9-5-10(18-6-9)15(22)19(3)4;1-16(2)13(19)12-7-11(25)8-17(12)15(21)24-14(20)9-3-5-10(6-4-9)18(22)23;/h5-12,15-16,21-24,38H,13-14H2,1-4H3;3-18,23-24,32H,1-2H3;7-12,18,21H,5-6H2,1-4H3,(H,24,25);3-6,11-12,25H,7-8H2,1-2H3;1H4/t15-,16-,21+,22?,23?,24?;17-,18-,23?,24?;7-,8-,9+,10?,11?,12?;11-,12?;/m1110./s1. The maximum Gasteiger partial charge on any atom is 0.646 e. The second kappa shape index (κ2) is 46.4. The first kappa shape index (κ1) is 111. The number of benzene rings is 6. The molecule has 0 saturated carbocycles. The molecule has 0 spiro atoms. The first-order chi connectivity index (χ1) is 68.3. The van der Waals surface area contributed by atoms with Crippen LogP contribution in [0.3, 0.4) is 0 Å². The average Bonchev–Trinajstić information content (AvgIpc) is 1.55. The molecule has 0 aromatic heterocycles. The molecule has 5 N–H and O–H groups in total. The van der Waals surface area contributed by atoms with Crippen molar-refractivity contribution in [3.63, 3.8) is 0 Å². The summed E-state index contributed by atoms with van der Waals surface area (Å²) in [7, 11) is 4.86. The van der Waals surface area contributed by atoms with Crippen LogP contribution in [0.15, 0.2) is 190 Å². The number of nitro benzene ring substituents is 4. The van der Waals surface area contributed by atoms with E-state index < -0.39 is 182 Å². The van der Waals surface area contributed by atoms with Gasteiger partial charge in [0.05, 0.1) is 102 Å². The Morgan fingerprint density at radius 1 is 0.432 bits per heavy atom. The summed E-state index contributed by atoms with van der Waals surface area (Å²) in [6.07, 6.45) is -4.07. The topological polar surface area (TPSA) is 629 Å². The van der Waals surface area contributed by atoms with Crippen LogP contribution >= 0.6 is 44.0 Å². The summed E-state index contributed by atoms with van der Waals surface area (Å²) < 4.78 is 51.4. The van der Waals surface area contributed by atoms with E-state index in [0.29, 0.717) is 29.2 Å². The van der Waals surface area contributed by atoms with E-state index in [1.807, 2.05) is 6.92 Å². The van der Waals surface area contributed by atoms with Crippen LogP contribution in [-0.2, 0) is 71.2 Å². The molecule has 9 heterocycles. The minimum absolute atomic E-state index is 0. The van der Waals surface area contributed by atoms with Crippen molar-refractivity contribution in [2.75, 3.05) is 61.9 Å². The zero-order valence-electron chi connectivity index (χ0n) is 79.2. The zero-order valence-corrected chi connectivity index (χ0v) is 82.6. The molecule has 0 aliphatic carbocycles. The lowest BCUT2D eigenvalue weighted by molar-refractivity contribution is -0.385. The number of nitrogens with one attached hydrogen (secondary N) is 1. The first-order valence-corrected chi connectivity index (χ1v) is 48.3. The number of nitro groups is 4. The first-order valence-electron chi connectivity index (χ1n) is 44.6. The number of aliphatic carboxylic acids is 1. The number of likely N-dealkylation sites (N-methyl/N-ethyl adjacent to an activating group) is 3. The summed E-state index contributed by atoms with van der Waals surface area (Å²) in [4.78, 5) is 243. The van der Waals surface area contributed by atoms with Gasteiger partial charge in [-0.1, -0.05) is 64.6 Å². The van der Waals surface area contributed by atoms with Gasteiger partial charge >= 0.3 is 61.8 Å². The van der Waals surface area contributed by atoms with Crippen molar-refractivity contribution in [3.8, 4) is 11.5 Å². The Bertz CT molecular complexity index is 6270. The van der Waals surface area contributed by atoms with Gasteiger partial charge in [-0.2, -0.15) is 17.2 Å². The molecule has 6 saturated heterocycles. The van der Waals surface area contributed by atoms with Gasteiger partial charge in [-0.25, -0.2) is 43.2 Å². The molecular formula is C94H102N13O35PS3. The largest absolute Gasteiger partial charge is 0.646 e. The van der Waals surface area contributed by atoms with Crippen LogP contribution in [0, 0.1) is 76.0 Å². The Hall–Kier alpha value is -14.9. The molecule has 6 aromatic rings. The Morgan fingerprint density at radius 3 is 1.11 bits per heavy atom. The van der Waals surface area contributed by atoms with Gasteiger partial charge in [-0.3, -0.25) is 83.9 Å². The number of esters is 6. The highest BCUT2D eigenvalue weighted by atomic mass is 32.2. The number of thiol groups is 1. The fourth-order valence-electron chi connectivity index (χ4n) is 17.8. The fourth-order valence-corrected chi connectivity index (χ4v) is 22.6. The molecule has 9 unspecified atom stereocenters. The third-order valence-corrected chi connectivity index (χ3v) is 29.6. The van der Waals surface area contributed by atoms with E-state index in [2.05, 4.69) is 17.9 Å². The van der Waals surface area contributed by atoms with Gasteiger partial charge in [0.2, 0.25) is 35.4 Å². The number of carbonyl (C=O) groups is 15. The van der Waals surface area contributed by atoms with Crippen LogP contribution in [0.5, 0.6) is 11.5 Å². The number of β-lactam (4-membered cyclic amide) rings is 3. The van der Waals surface area contributed by atoms with Crippen LogP contribution in [0.1, 0.15) is 110 Å². The molecule has 0 bridgehead atoms. The number of carbonyl (C=O) groups excluding carboxylic acids is 14. The quantitative estimate of drug-likeness (QED) is 0.00410. The number of non-ortho nitro benzene ring substituents is 4. The number of fused-ring (bicyclic) bond motifs is 3. The minimum atomic E-state index is -4.64. The van der Waals surface area contributed by atoms with Gasteiger partial charge in [0.1, 0.15) is 40.7 Å². The van der Waals surface area contributed by atoms with E-state index in [-0.39, 0.29) is 147 Å². The second-order valence-electron chi connectivity index (χ2n) is 35.3. The Labute approximate surface area is 845 Å². The van der Waals surface area contributed by atoms with Crippen molar-refractivity contribution in [3.05, 3.63) is 253 Å². The summed E-state index contributed by atoms with van der Waals surface area (Å²) in [6, 6.07) is 29.8. The van der Waals surface area contributed by atoms with Crippen LogP contribution in [0.2, 0.25) is 0 Å². The van der Waals surface area contributed by atoms with Crippen molar-refractivity contribution >= 4 is 156 Å². The summed E-state index contributed by atoms with van der Waals surface area (Å²) in [5, 5.41) is 86.1. The lowest BCUT2D eigenvalue weighted by Crippen LogP contribution is -2.63. The summed E-state index contributed by atoms with van der Waals surface area (Å²) in [6.45, 7) is 10.3. The van der Waals surface area contributed by atoms with Crippen molar-refractivity contribution in [2.24, 2.45) is 35.5 Å². The normalized spacial score (nSPS) is 23.4. The van der Waals surface area contributed by atoms with Gasteiger partial charge in [0.15, 0.2) is 5.70 Å². The molecule has 776 valence electrons. The molecule has 146 heavy (non-hydrogen) atoms. The van der Waals surface area contributed by atoms with Crippen LogP contribution in [-0.4, -0.2) is 301 Å². The van der Waals surface area contributed by atoms with Crippen molar-refractivity contribution in [2.45, 2.75) is 139 Å². The Balaban J connectivity index is 0.000000193. The number of amides is 8. The highest BCUT2D eigenvalue weighted by Crippen LogP contribution is 2.59. The second-order valence-corrected chi connectivity index (χ2v) is 40.1. The molecule has 6 fully saturated rings. The number of hydrogen-bond donors (Lipinski definition) is 6. The maximum absolute atomic E-state index is 14.2. The van der Waals surface area contributed by atoms with E-state index in [0.717, 1.165) is 111 Å². The molecule has 48 nitrogen and oxygen atoms in total. The molecule has 52 heteroatoms. The number of carboxylic acid groups (broad SMARTS) is 1. The van der Waals surface area contributed by atoms with E-state index >= 15 is 0 Å². The monoisotopic (exact) mass is 2100 g/mol. The number of phosphoric acid groups is 1. The maximum atomic E-state index is 14.2. The smallest absolute Gasteiger partial charge is 0.477 e. The number of hydrogen-bond acceptors (Lipinski definition) is 38. The van der Waals surface area contributed by atoms with Crippen LogP contribution in [0.25, 0.3) is 0 Å². The number of ether oxygens (including phenoxy) is 4. The number of aliphatic hydroxyl groups is 3. The van der Waals surface area contributed by atoms with Crippen molar-refractivity contribution in [1.29, 1.82) is 0 Å². The molecule has 15 rings (SSSR count). The predicted octanol–water partition coefficient (Wildman–Crippen LogP) is 8.79. The van der Waals surface area contributed by atoms with Gasteiger partial charge in [-0.15, -0.1) is 23.5 Å². The third-order valence-electron chi connectivity index (χ3n) is 24.9. The number of para-hydroxylation sites is 2. The van der Waals surface area contributed by atoms with Crippen molar-refractivity contribution < 1.29 is 149 Å². The molecular weight excluding hydrogens is 2000 g/mol. The molecule has 6 aromatic carbocycles. The number of thioether (sulfide) groups is 2. The van der Waals surface area contributed by atoms with Crippen LogP contribution < -0.4 is 14.4 Å². The summed E-state index contributed by atoms with van der Waals surface area (Å²) in [5.41, 5.74) is -2.25. The average molecular weight is 2100 g/mol. The SMILES string of the molecule is C.CN(C)C(=O)C1C[C@H](S)CN1C(=O)OC(=O)c1ccc([N+](=O)[O-])cc1.C[C@@H](O)C1C(=O)N2C(C(=O)O)=C(S[C@@H]3CNC(C(=O)N(C)C)C3)[C@H](C)C12.C[C@@H](O)C1C(=O)N2C(C(=O)OC(=O)c3ccc([N+](=O)[O-])cc3)=C(OP(=O)(Oc3ccccc3)Oc3ccccc3)[C@H](C)C12.C[C@@H](O)C1C(=O)N2C(C(=O)OC(=O)c3ccc([N+](=O)[O-])cc3)=C(S[C@H]3CC(C(=O)N(C)C)N(C(=O)OC(=O)c4ccc([N+](=O)[O-])cc4)C3)[C@H](C)C12. The number of rotatable bonds is 27. The molecule has 9 aliphatic heterocycles. The van der Waals surface area contributed by atoms with Gasteiger partial charge in [0, 0.05) is 154 Å². The predicted molar refractivity (Wildman–Crippen MR) is 516 cm³/mol. The van der Waals surface area contributed by atoms with Gasteiger partial charge < -0.3 is 82.8 Å². The highest BCUT2D eigenvalue weighted by molar-refractivity contribution is 8.04. The fraction of sp³-hybridized carbons (Fsp3) is 0.394. The lowest BCUT2D eigenvalue weighted by atomic mass is 9.79. The van der Waals surface area contributed by atoms with Crippen LogP contribution in [0.4, 0.5) is 32.3 Å². The molecule has 18 atom stereocenters. The Morgan fingerprint density at radius 2 is 0.753 bits per heavy atom. The number of aliphatic hydroxyl groups excluding tert-OH is 3. The number of carboxylic acids is 1. The van der Waals surface area contributed by atoms with E-state index in [4.69, 9.17) is 32.5 Å².